The van der Waals surface area contributed by atoms with Crippen molar-refractivity contribution in [1.82, 2.24) is 4.90 Å². The molecule has 0 aromatic heterocycles. The van der Waals surface area contributed by atoms with Crippen LogP contribution in [0, 0.1) is 0 Å². The summed E-state index contributed by atoms with van der Waals surface area (Å²) in [7, 11) is 3.65. The van der Waals surface area contributed by atoms with Crippen molar-refractivity contribution in [2.45, 2.75) is 42.4 Å². The number of likely N-dealkylation sites (N-methyl/N-ethyl adjacent to an activating group) is 1. The fourth-order valence-corrected chi connectivity index (χ4v) is 5.70. The van der Waals surface area contributed by atoms with Crippen molar-refractivity contribution < 1.29 is 19.4 Å². The zero-order valence-electron chi connectivity index (χ0n) is 14.1. The molecule has 5 rings (SSSR count). The molecule has 5 nitrogen and oxygen atoms in total. The highest BCUT2D eigenvalue weighted by Gasteiger charge is 2.76. The number of likely N-dealkylation sites (tertiary alicyclic amines) is 1. The van der Waals surface area contributed by atoms with Gasteiger partial charge in [0.1, 0.15) is 5.60 Å². The lowest BCUT2D eigenvalue weighted by molar-refractivity contribution is -0.172. The highest BCUT2D eigenvalue weighted by atomic mass is 16.5. The summed E-state index contributed by atoms with van der Waals surface area (Å²) < 4.78 is 11.8. The van der Waals surface area contributed by atoms with E-state index in [2.05, 4.69) is 11.0 Å². The molecular weight excluding hydrogens is 306 g/mol. The lowest BCUT2D eigenvalue weighted by atomic mass is 9.47. The second-order valence-electron chi connectivity index (χ2n) is 7.65. The average molecular weight is 327 g/mol. The second-order valence-corrected chi connectivity index (χ2v) is 7.65. The van der Waals surface area contributed by atoms with E-state index in [1.165, 1.54) is 6.08 Å². The number of carbonyl (C=O) groups excluding carboxylic acids is 1. The van der Waals surface area contributed by atoms with Crippen molar-refractivity contribution in [3.05, 3.63) is 35.4 Å². The van der Waals surface area contributed by atoms with E-state index in [1.54, 1.807) is 13.2 Å². The van der Waals surface area contributed by atoms with Crippen LogP contribution in [0.2, 0.25) is 0 Å². The number of carbonyl (C=O) groups is 1. The van der Waals surface area contributed by atoms with Gasteiger partial charge in [0.25, 0.3) is 0 Å². The van der Waals surface area contributed by atoms with Crippen LogP contribution >= 0.6 is 0 Å². The minimum atomic E-state index is -1.12. The Labute approximate surface area is 140 Å². The quantitative estimate of drug-likeness (QED) is 0.840. The van der Waals surface area contributed by atoms with Crippen molar-refractivity contribution in [3.63, 3.8) is 0 Å². The van der Waals surface area contributed by atoms with Gasteiger partial charge < -0.3 is 14.6 Å². The Morgan fingerprint density at radius 2 is 2.21 bits per heavy atom. The van der Waals surface area contributed by atoms with E-state index in [0.29, 0.717) is 17.9 Å². The summed E-state index contributed by atoms with van der Waals surface area (Å²) in [6.07, 6.45) is 4.64. The van der Waals surface area contributed by atoms with Crippen LogP contribution in [0.5, 0.6) is 11.5 Å². The summed E-state index contributed by atoms with van der Waals surface area (Å²) >= 11 is 0. The summed E-state index contributed by atoms with van der Waals surface area (Å²) in [6, 6.07) is 3.90. The molecule has 0 saturated carbocycles. The number of nitrogens with zero attached hydrogens (tertiary/aromatic N) is 1. The molecule has 5 heteroatoms. The highest BCUT2D eigenvalue weighted by Crippen LogP contribution is 2.67. The standard InChI is InChI=1S/C19H21NO4/c1-17-14(21)6-7-19(22)13-10-11-4-5-12(23-3)16(24-17)15(11)18(17,19)8-9-20(13)2/h4-7,13,22H,8-10H2,1-3H3/t13-,17+,18+,19-/m1/s1. The third kappa shape index (κ3) is 1.21. The zero-order chi connectivity index (χ0) is 16.9. The summed E-state index contributed by atoms with van der Waals surface area (Å²) in [5.74, 6) is 1.18. The first-order valence-corrected chi connectivity index (χ1v) is 8.45. The van der Waals surface area contributed by atoms with E-state index in [-0.39, 0.29) is 11.8 Å². The van der Waals surface area contributed by atoms with E-state index in [0.717, 1.165) is 24.1 Å². The average Bonchev–Trinajstić information content (AvgIpc) is 2.84. The van der Waals surface area contributed by atoms with Crippen molar-refractivity contribution in [3.8, 4) is 11.5 Å². The van der Waals surface area contributed by atoms with Crippen LogP contribution < -0.4 is 9.47 Å². The Balaban J connectivity index is 1.93. The summed E-state index contributed by atoms with van der Waals surface area (Å²) in [5, 5.41) is 11.8. The number of hydrogen-bond donors (Lipinski definition) is 1. The maximum Gasteiger partial charge on any atom is 0.199 e. The molecule has 24 heavy (non-hydrogen) atoms. The number of ether oxygens (including phenoxy) is 2. The zero-order valence-corrected chi connectivity index (χ0v) is 14.1. The van der Waals surface area contributed by atoms with Gasteiger partial charge in [0.05, 0.1) is 12.5 Å². The van der Waals surface area contributed by atoms with Crippen LogP contribution in [0.3, 0.4) is 0 Å². The third-order valence-electron chi connectivity index (χ3n) is 6.91. The number of benzene rings is 1. The van der Waals surface area contributed by atoms with Crippen LogP contribution in [0.4, 0.5) is 0 Å². The van der Waals surface area contributed by atoms with E-state index >= 15 is 0 Å². The molecule has 2 aliphatic carbocycles. The van der Waals surface area contributed by atoms with Gasteiger partial charge in [-0.1, -0.05) is 6.07 Å². The minimum absolute atomic E-state index is 0.0645. The van der Waals surface area contributed by atoms with Crippen molar-refractivity contribution in [2.24, 2.45) is 0 Å². The number of rotatable bonds is 1. The molecule has 1 saturated heterocycles. The molecule has 126 valence electrons. The van der Waals surface area contributed by atoms with E-state index in [4.69, 9.17) is 9.47 Å². The summed E-state index contributed by atoms with van der Waals surface area (Å²) in [4.78, 5) is 15.1. The maximum absolute atomic E-state index is 12.9. The van der Waals surface area contributed by atoms with Gasteiger partial charge in [0.15, 0.2) is 22.9 Å². The fourth-order valence-electron chi connectivity index (χ4n) is 5.70. The smallest absolute Gasteiger partial charge is 0.199 e. The Hall–Kier alpha value is -1.85. The van der Waals surface area contributed by atoms with Gasteiger partial charge >= 0.3 is 0 Å². The van der Waals surface area contributed by atoms with Crippen LogP contribution in [0.25, 0.3) is 0 Å². The van der Waals surface area contributed by atoms with Crippen molar-refractivity contribution in [1.29, 1.82) is 0 Å². The molecule has 1 spiro atoms. The normalized spacial score (nSPS) is 41.8. The van der Waals surface area contributed by atoms with Crippen molar-refractivity contribution in [2.75, 3.05) is 20.7 Å². The maximum atomic E-state index is 12.9. The molecule has 2 heterocycles. The largest absolute Gasteiger partial charge is 0.493 e. The number of hydrogen-bond acceptors (Lipinski definition) is 5. The predicted molar refractivity (Wildman–Crippen MR) is 87.5 cm³/mol. The molecule has 1 fully saturated rings. The van der Waals surface area contributed by atoms with Gasteiger partial charge in [-0.05, 0) is 57.1 Å². The molecule has 0 unspecified atom stereocenters. The molecule has 4 atom stereocenters. The molecular formula is C19H21NO4. The minimum Gasteiger partial charge on any atom is -0.493 e. The Morgan fingerprint density at radius 1 is 1.42 bits per heavy atom. The van der Waals surface area contributed by atoms with Gasteiger partial charge in [0.2, 0.25) is 0 Å². The van der Waals surface area contributed by atoms with Gasteiger partial charge in [0, 0.05) is 11.6 Å². The first kappa shape index (κ1) is 14.5. The molecule has 2 bridgehead atoms. The van der Waals surface area contributed by atoms with Gasteiger partial charge in [-0.15, -0.1) is 0 Å². The second kappa shape index (κ2) is 4.03. The summed E-state index contributed by atoms with van der Waals surface area (Å²) in [6.45, 7) is 2.66. The van der Waals surface area contributed by atoms with Crippen molar-refractivity contribution >= 4 is 5.78 Å². The summed E-state index contributed by atoms with van der Waals surface area (Å²) in [5.41, 5.74) is -0.830. The lowest BCUT2D eigenvalue weighted by Crippen LogP contribution is -2.78. The Kier molecular flexibility index (Phi) is 2.43. The fraction of sp³-hybridized carbons (Fsp3) is 0.526. The molecule has 0 amide bonds. The Morgan fingerprint density at radius 3 is 2.96 bits per heavy atom. The number of piperidine rings is 1. The van der Waals surface area contributed by atoms with Crippen LogP contribution in [0.1, 0.15) is 24.5 Å². The van der Waals surface area contributed by atoms with Crippen LogP contribution in [-0.4, -0.2) is 53.7 Å². The van der Waals surface area contributed by atoms with Gasteiger partial charge in [-0.25, -0.2) is 0 Å². The van der Waals surface area contributed by atoms with E-state index in [9.17, 15) is 9.90 Å². The Bertz CT molecular complexity index is 818. The van der Waals surface area contributed by atoms with Gasteiger partial charge in [-0.3, -0.25) is 9.69 Å². The number of ketones is 1. The van der Waals surface area contributed by atoms with Crippen LogP contribution in [0.15, 0.2) is 24.3 Å². The molecule has 1 aromatic carbocycles. The molecule has 4 aliphatic rings. The lowest BCUT2D eigenvalue weighted by Gasteiger charge is -2.62. The van der Waals surface area contributed by atoms with E-state index in [1.807, 2.05) is 20.0 Å². The number of aliphatic hydroxyl groups is 1. The molecule has 0 radical (unpaired) electrons. The molecule has 1 aromatic rings. The highest BCUT2D eigenvalue weighted by molar-refractivity contribution is 6.02. The number of methoxy groups -OCH3 is 1. The van der Waals surface area contributed by atoms with E-state index < -0.39 is 16.6 Å². The molecule has 1 N–H and O–H groups in total. The first-order chi connectivity index (χ1) is 11.4. The van der Waals surface area contributed by atoms with Crippen LogP contribution in [-0.2, 0) is 16.6 Å². The first-order valence-electron chi connectivity index (χ1n) is 8.45. The predicted octanol–water partition coefficient (Wildman–Crippen LogP) is 1.21. The molecule has 2 aliphatic heterocycles. The SMILES string of the molecule is COc1ccc2c3c1O[C@@]1(C)C(=O)C=C[C@@]4(O)[C@@H](C2)N(C)CC[C@]314. The van der Waals surface area contributed by atoms with Gasteiger partial charge in [-0.2, -0.15) is 0 Å². The monoisotopic (exact) mass is 327 g/mol. The third-order valence-corrected chi connectivity index (χ3v) is 6.91. The topological polar surface area (TPSA) is 59.0 Å².